The Morgan fingerprint density at radius 1 is 1.47 bits per heavy atom. The van der Waals surface area contributed by atoms with E-state index in [1.807, 2.05) is 13.8 Å². The van der Waals surface area contributed by atoms with Crippen molar-refractivity contribution >= 4 is 5.97 Å². The van der Waals surface area contributed by atoms with Crippen LogP contribution in [0, 0.1) is 5.82 Å². The summed E-state index contributed by atoms with van der Waals surface area (Å²) in [4.78, 5) is 10.8. The van der Waals surface area contributed by atoms with Crippen LogP contribution in [0.1, 0.15) is 42.6 Å². The summed E-state index contributed by atoms with van der Waals surface area (Å²) >= 11 is 0. The second-order valence-electron chi connectivity index (χ2n) is 4.85. The summed E-state index contributed by atoms with van der Waals surface area (Å²) in [5.74, 6) is -1.50. The first kappa shape index (κ1) is 15.6. The fourth-order valence-electron chi connectivity index (χ4n) is 1.79. The molecule has 0 heterocycles. The average Bonchev–Trinajstić information content (AvgIpc) is 2.38. The van der Waals surface area contributed by atoms with E-state index in [1.54, 1.807) is 0 Å². The van der Waals surface area contributed by atoms with Gasteiger partial charge in [-0.25, -0.2) is 9.18 Å². The van der Waals surface area contributed by atoms with Gasteiger partial charge in [0.15, 0.2) is 0 Å². The Labute approximate surface area is 112 Å². The SMILES string of the molecule is CCC(C)(CCO)NCc1cc(C(=O)O)ccc1F. The van der Waals surface area contributed by atoms with Gasteiger partial charge in [0, 0.05) is 24.3 Å². The molecule has 5 heteroatoms. The van der Waals surface area contributed by atoms with E-state index in [4.69, 9.17) is 10.2 Å². The van der Waals surface area contributed by atoms with E-state index in [2.05, 4.69) is 5.32 Å². The highest BCUT2D eigenvalue weighted by Gasteiger charge is 2.21. The molecule has 0 aromatic heterocycles. The van der Waals surface area contributed by atoms with Crippen LogP contribution in [0.25, 0.3) is 0 Å². The molecule has 1 atom stereocenters. The summed E-state index contributed by atoms with van der Waals surface area (Å²) in [5, 5.41) is 21.1. The van der Waals surface area contributed by atoms with E-state index in [0.717, 1.165) is 12.5 Å². The molecule has 0 saturated heterocycles. The smallest absolute Gasteiger partial charge is 0.335 e. The van der Waals surface area contributed by atoms with Crippen molar-refractivity contribution in [1.29, 1.82) is 0 Å². The summed E-state index contributed by atoms with van der Waals surface area (Å²) in [6.07, 6.45) is 1.34. The van der Waals surface area contributed by atoms with Crippen molar-refractivity contribution < 1.29 is 19.4 Å². The normalized spacial score (nSPS) is 14.1. The van der Waals surface area contributed by atoms with Crippen LogP contribution < -0.4 is 5.32 Å². The van der Waals surface area contributed by atoms with Gasteiger partial charge in [-0.05, 0) is 38.0 Å². The topological polar surface area (TPSA) is 69.6 Å². The lowest BCUT2D eigenvalue weighted by molar-refractivity contribution is 0.0696. The number of aliphatic hydroxyl groups excluding tert-OH is 1. The molecule has 0 amide bonds. The number of nitrogens with one attached hydrogen (secondary N) is 1. The van der Waals surface area contributed by atoms with Gasteiger partial charge in [-0.2, -0.15) is 0 Å². The molecule has 19 heavy (non-hydrogen) atoms. The standard InChI is InChI=1S/C14H20FNO3/c1-3-14(2,6-7-17)16-9-11-8-10(13(18)19)4-5-12(11)15/h4-5,8,16-17H,3,6-7,9H2,1-2H3,(H,18,19). The van der Waals surface area contributed by atoms with E-state index < -0.39 is 11.8 Å². The van der Waals surface area contributed by atoms with E-state index >= 15 is 0 Å². The predicted molar refractivity (Wildman–Crippen MR) is 70.6 cm³/mol. The number of carboxylic acids is 1. The zero-order valence-corrected chi connectivity index (χ0v) is 11.2. The van der Waals surface area contributed by atoms with Crippen molar-refractivity contribution in [3.63, 3.8) is 0 Å². The van der Waals surface area contributed by atoms with Crippen molar-refractivity contribution in [3.05, 3.63) is 35.1 Å². The fourth-order valence-corrected chi connectivity index (χ4v) is 1.79. The van der Waals surface area contributed by atoms with Crippen LogP contribution in [-0.4, -0.2) is 28.3 Å². The molecule has 0 spiro atoms. The summed E-state index contributed by atoms with van der Waals surface area (Å²) < 4.78 is 13.6. The minimum Gasteiger partial charge on any atom is -0.478 e. The number of hydrogen-bond acceptors (Lipinski definition) is 3. The Hall–Kier alpha value is -1.46. The summed E-state index contributed by atoms with van der Waals surface area (Å²) in [6.45, 7) is 4.21. The average molecular weight is 269 g/mol. The molecular formula is C14H20FNO3. The summed E-state index contributed by atoms with van der Waals surface area (Å²) in [7, 11) is 0. The van der Waals surface area contributed by atoms with Crippen LogP contribution in [0.3, 0.4) is 0 Å². The number of aromatic carboxylic acids is 1. The zero-order valence-electron chi connectivity index (χ0n) is 11.2. The molecule has 1 rings (SSSR count). The molecule has 0 aliphatic carbocycles. The monoisotopic (exact) mass is 269 g/mol. The first-order valence-electron chi connectivity index (χ1n) is 6.29. The lowest BCUT2D eigenvalue weighted by Crippen LogP contribution is -2.42. The lowest BCUT2D eigenvalue weighted by Gasteiger charge is -2.29. The second-order valence-corrected chi connectivity index (χ2v) is 4.85. The van der Waals surface area contributed by atoms with Crippen LogP contribution in [0.2, 0.25) is 0 Å². The largest absolute Gasteiger partial charge is 0.478 e. The molecule has 1 aromatic rings. The van der Waals surface area contributed by atoms with Gasteiger partial charge < -0.3 is 15.5 Å². The molecule has 106 valence electrons. The third-order valence-electron chi connectivity index (χ3n) is 3.44. The maximum absolute atomic E-state index is 13.6. The molecule has 0 radical (unpaired) electrons. The van der Waals surface area contributed by atoms with Gasteiger partial charge >= 0.3 is 5.97 Å². The van der Waals surface area contributed by atoms with Crippen LogP contribution in [0.5, 0.6) is 0 Å². The molecule has 0 fully saturated rings. The number of carboxylic acid groups (broad SMARTS) is 1. The molecular weight excluding hydrogens is 249 g/mol. The highest BCUT2D eigenvalue weighted by atomic mass is 19.1. The van der Waals surface area contributed by atoms with Crippen molar-refractivity contribution in [1.82, 2.24) is 5.32 Å². The molecule has 3 N–H and O–H groups in total. The number of aliphatic hydroxyl groups is 1. The minimum atomic E-state index is -1.07. The maximum atomic E-state index is 13.6. The van der Waals surface area contributed by atoms with Gasteiger partial charge in [0.1, 0.15) is 5.82 Å². The van der Waals surface area contributed by atoms with Gasteiger partial charge in [0.25, 0.3) is 0 Å². The van der Waals surface area contributed by atoms with Gasteiger partial charge in [-0.15, -0.1) is 0 Å². The highest BCUT2D eigenvalue weighted by Crippen LogP contribution is 2.17. The predicted octanol–water partition coefficient (Wildman–Crippen LogP) is 2.16. The third kappa shape index (κ3) is 4.29. The summed E-state index contributed by atoms with van der Waals surface area (Å²) in [5.41, 5.74) is 0.0940. The van der Waals surface area contributed by atoms with Crippen LogP contribution in [0.15, 0.2) is 18.2 Å². The first-order valence-corrected chi connectivity index (χ1v) is 6.29. The van der Waals surface area contributed by atoms with Crippen LogP contribution in [-0.2, 0) is 6.54 Å². The molecule has 1 unspecified atom stereocenters. The Morgan fingerprint density at radius 3 is 2.68 bits per heavy atom. The van der Waals surface area contributed by atoms with Gasteiger partial charge in [-0.1, -0.05) is 6.92 Å². The quantitative estimate of drug-likeness (QED) is 0.709. The number of benzene rings is 1. The van der Waals surface area contributed by atoms with Crippen molar-refractivity contribution in [3.8, 4) is 0 Å². The third-order valence-corrected chi connectivity index (χ3v) is 3.44. The first-order chi connectivity index (χ1) is 8.91. The zero-order chi connectivity index (χ0) is 14.5. The van der Waals surface area contributed by atoms with Crippen molar-refractivity contribution in [2.24, 2.45) is 0 Å². The molecule has 0 aliphatic heterocycles. The van der Waals surface area contributed by atoms with Crippen LogP contribution >= 0.6 is 0 Å². The van der Waals surface area contributed by atoms with Crippen molar-refractivity contribution in [2.45, 2.75) is 38.8 Å². The Bertz CT molecular complexity index is 450. The Kier molecular flexibility index (Phi) is 5.44. The van der Waals surface area contributed by atoms with Gasteiger partial charge in [-0.3, -0.25) is 0 Å². The van der Waals surface area contributed by atoms with E-state index in [1.165, 1.54) is 12.1 Å². The summed E-state index contributed by atoms with van der Waals surface area (Å²) in [6, 6.07) is 3.74. The number of carbonyl (C=O) groups is 1. The van der Waals surface area contributed by atoms with Crippen LogP contribution in [0.4, 0.5) is 4.39 Å². The Balaban J connectivity index is 2.81. The van der Waals surface area contributed by atoms with E-state index in [0.29, 0.717) is 12.0 Å². The molecule has 0 bridgehead atoms. The number of rotatable bonds is 7. The number of hydrogen-bond donors (Lipinski definition) is 3. The maximum Gasteiger partial charge on any atom is 0.335 e. The molecule has 1 aromatic carbocycles. The minimum absolute atomic E-state index is 0.0506. The number of halogens is 1. The van der Waals surface area contributed by atoms with Crippen molar-refractivity contribution in [2.75, 3.05) is 6.61 Å². The second kappa shape index (κ2) is 6.63. The fraction of sp³-hybridized carbons (Fsp3) is 0.500. The lowest BCUT2D eigenvalue weighted by atomic mass is 9.94. The molecule has 0 aliphatic rings. The Morgan fingerprint density at radius 2 is 2.16 bits per heavy atom. The highest BCUT2D eigenvalue weighted by molar-refractivity contribution is 5.87. The van der Waals surface area contributed by atoms with Gasteiger partial charge in [0.05, 0.1) is 5.56 Å². The molecule has 4 nitrogen and oxygen atoms in total. The molecule has 0 saturated carbocycles. The van der Waals surface area contributed by atoms with Gasteiger partial charge in [0.2, 0.25) is 0 Å². The van der Waals surface area contributed by atoms with E-state index in [-0.39, 0.29) is 24.3 Å². The van der Waals surface area contributed by atoms with E-state index in [9.17, 15) is 9.18 Å².